The fourth-order valence-electron chi connectivity index (χ4n) is 2.69. The van der Waals surface area contributed by atoms with E-state index in [0.29, 0.717) is 0 Å². The highest BCUT2D eigenvalue weighted by atomic mass is 79.9. The van der Waals surface area contributed by atoms with Gasteiger partial charge in [0, 0.05) is 12.6 Å². The summed E-state index contributed by atoms with van der Waals surface area (Å²) >= 11 is 3.58. The molecule has 1 aliphatic rings. The van der Waals surface area contributed by atoms with Crippen molar-refractivity contribution in [1.82, 2.24) is 4.90 Å². The van der Waals surface area contributed by atoms with E-state index in [1.54, 1.807) is 0 Å². The van der Waals surface area contributed by atoms with Crippen LogP contribution in [0.4, 0.5) is 0 Å². The maximum Gasteiger partial charge on any atom is 0.136 e. The molecule has 1 aliphatic heterocycles. The van der Waals surface area contributed by atoms with Crippen LogP contribution in [0.1, 0.15) is 31.7 Å². The van der Waals surface area contributed by atoms with Crippen molar-refractivity contribution in [3.8, 4) is 5.75 Å². The maximum absolute atomic E-state index is 6.00. The Balaban J connectivity index is 1.84. The molecule has 0 amide bonds. The minimum absolute atomic E-state index is 0.149. The van der Waals surface area contributed by atoms with Gasteiger partial charge in [0.05, 0.1) is 11.1 Å². The van der Waals surface area contributed by atoms with E-state index in [1.165, 1.54) is 31.5 Å². The van der Waals surface area contributed by atoms with Crippen molar-refractivity contribution >= 4 is 15.9 Å². The van der Waals surface area contributed by atoms with Crippen LogP contribution in [-0.2, 0) is 6.42 Å². The van der Waals surface area contributed by atoms with Crippen molar-refractivity contribution in [2.24, 2.45) is 5.73 Å². The number of rotatable bonds is 7. The van der Waals surface area contributed by atoms with E-state index >= 15 is 0 Å². The monoisotopic (exact) mass is 340 g/mol. The zero-order chi connectivity index (χ0) is 14.4. The predicted octanol–water partition coefficient (Wildman–Crippen LogP) is 3.20. The Labute approximate surface area is 130 Å². The Morgan fingerprint density at radius 3 is 2.80 bits per heavy atom. The molecule has 1 aromatic carbocycles. The molecule has 0 radical (unpaired) electrons. The first-order valence-corrected chi connectivity index (χ1v) is 8.34. The lowest BCUT2D eigenvalue weighted by Gasteiger charge is -2.17. The highest BCUT2D eigenvalue weighted by molar-refractivity contribution is 9.10. The third kappa shape index (κ3) is 4.76. The van der Waals surface area contributed by atoms with Crippen LogP contribution in [0.2, 0.25) is 0 Å². The van der Waals surface area contributed by atoms with Gasteiger partial charge in [-0.3, -0.25) is 0 Å². The average molecular weight is 341 g/mol. The minimum atomic E-state index is 0.149. The number of halogens is 1. The van der Waals surface area contributed by atoms with Crippen molar-refractivity contribution < 1.29 is 4.74 Å². The second kappa shape index (κ2) is 8.01. The number of ether oxygens (including phenoxy) is 1. The zero-order valence-electron chi connectivity index (χ0n) is 12.3. The fourth-order valence-corrected chi connectivity index (χ4v) is 3.21. The molecule has 1 saturated heterocycles. The van der Waals surface area contributed by atoms with Crippen LogP contribution in [-0.4, -0.2) is 37.2 Å². The molecule has 0 spiro atoms. The van der Waals surface area contributed by atoms with Gasteiger partial charge < -0.3 is 15.4 Å². The van der Waals surface area contributed by atoms with Crippen LogP contribution in [0.5, 0.6) is 5.75 Å². The summed E-state index contributed by atoms with van der Waals surface area (Å²) in [4.78, 5) is 2.52. The lowest BCUT2D eigenvalue weighted by atomic mass is 10.1. The van der Waals surface area contributed by atoms with Gasteiger partial charge in [-0.25, -0.2) is 0 Å². The van der Waals surface area contributed by atoms with Gasteiger partial charge in [0.1, 0.15) is 5.75 Å². The van der Waals surface area contributed by atoms with Crippen LogP contribution in [0.15, 0.2) is 22.7 Å². The predicted molar refractivity (Wildman–Crippen MR) is 87.3 cm³/mol. The summed E-state index contributed by atoms with van der Waals surface area (Å²) in [5.41, 5.74) is 7.09. The van der Waals surface area contributed by atoms with Crippen molar-refractivity contribution in [2.75, 3.05) is 26.2 Å². The van der Waals surface area contributed by atoms with E-state index in [1.807, 2.05) is 19.1 Å². The molecular formula is C16H25BrN2O. The molecule has 0 aromatic heterocycles. The Kier molecular flexibility index (Phi) is 6.33. The van der Waals surface area contributed by atoms with E-state index in [2.05, 4.69) is 26.9 Å². The summed E-state index contributed by atoms with van der Waals surface area (Å²) in [7, 11) is 0. The third-order valence-electron chi connectivity index (χ3n) is 3.65. The first-order chi connectivity index (χ1) is 9.66. The molecule has 1 aromatic rings. The van der Waals surface area contributed by atoms with Crippen molar-refractivity contribution in [2.45, 2.75) is 38.6 Å². The van der Waals surface area contributed by atoms with Crippen LogP contribution < -0.4 is 10.5 Å². The topological polar surface area (TPSA) is 38.5 Å². The summed E-state index contributed by atoms with van der Waals surface area (Å²) in [6.45, 7) is 6.45. The number of para-hydroxylation sites is 1. The molecule has 4 heteroatoms. The molecule has 0 saturated carbocycles. The van der Waals surface area contributed by atoms with Gasteiger partial charge in [-0.1, -0.05) is 12.1 Å². The second-order valence-corrected chi connectivity index (χ2v) is 6.51. The number of nitrogens with two attached hydrogens (primary N) is 1. The first-order valence-electron chi connectivity index (χ1n) is 7.55. The molecule has 112 valence electrons. The number of benzene rings is 1. The zero-order valence-corrected chi connectivity index (χ0v) is 13.9. The molecule has 20 heavy (non-hydrogen) atoms. The van der Waals surface area contributed by atoms with Gasteiger partial charge in [-0.05, 0) is 73.3 Å². The second-order valence-electron chi connectivity index (χ2n) is 5.66. The van der Waals surface area contributed by atoms with Crippen LogP contribution >= 0.6 is 15.9 Å². The number of nitrogens with zero attached hydrogens (tertiary/aromatic N) is 1. The summed E-state index contributed by atoms with van der Waals surface area (Å²) in [6, 6.07) is 6.32. The molecule has 1 fully saturated rings. The largest absolute Gasteiger partial charge is 0.492 e. The normalized spacial score (nSPS) is 17.4. The number of hydrogen-bond donors (Lipinski definition) is 1. The first kappa shape index (κ1) is 15.8. The van der Waals surface area contributed by atoms with Gasteiger partial charge in [0.25, 0.3) is 0 Å². The Hall–Kier alpha value is -0.580. The third-order valence-corrected chi connectivity index (χ3v) is 4.28. The molecule has 2 rings (SSSR count). The SMILES string of the molecule is CC(N)Cc1cccc(Br)c1OCCCN1CCCC1. The molecule has 0 aliphatic carbocycles. The standard InChI is InChI=1S/C16H25BrN2O/c1-13(18)12-14-6-4-7-15(17)16(14)20-11-5-10-19-8-2-3-9-19/h4,6-7,13H,2-3,5,8-12,18H2,1H3. The van der Waals surface area contributed by atoms with Gasteiger partial charge in [0.15, 0.2) is 0 Å². The van der Waals surface area contributed by atoms with Crippen LogP contribution in [0.25, 0.3) is 0 Å². The summed E-state index contributed by atoms with van der Waals surface area (Å²) in [5.74, 6) is 0.964. The van der Waals surface area contributed by atoms with E-state index in [0.717, 1.165) is 36.2 Å². The van der Waals surface area contributed by atoms with Gasteiger partial charge in [0.2, 0.25) is 0 Å². The lowest BCUT2D eigenvalue weighted by Crippen LogP contribution is -2.22. The molecule has 2 N–H and O–H groups in total. The lowest BCUT2D eigenvalue weighted by molar-refractivity contribution is 0.260. The van der Waals surface area contributed by atoms with E-state index in [4.69, 9.17) is 10.5 Å². The minimum Gasteiger partial charge on any atom is -0.492 e. The molecule has 3 nitrogen and oxygen atoms in total. The Morgan fingerprint density at radius 2 is 2.10 bits per heavy atom. The molecule has 0 bridgehead atoms. The number of likely N-dealkylation sites (tertiary alicyclic amines) is 1. The van der Waals surface area contributed by atoms with E-state index in [9.17, 15) is 0 Å². The summed E-state index contributed by atoms with van der Waals surface area (Å²) in [5, 5.41) is 0. The molecule has 1 unspecified atom stereocenters. The van der Waals surface area contributed by atoms with Crippen LogP contribution in [0.3, 0.4) is 0 Å². The van der Waals surface area contributed by atoms with Gasteiger partial charge >= 0.3 is 0 Å². The van der Waals surface area contributed by atoms with Gasteiger partial charge in [-0.15, -0.1) is 0 Å². The summed E-state index contributed by atoms with van der Waals surface area (Å²) in [6.07, 6.45) is 4.63. The molecule has 1 atom stereocenters. The quantitative estimate of drug-likeness (QED) is 0.774. The number of hydrogen-bond acceptors (Lipinski definition) is 3. The van der Waals surface area contributed by atoms with Crippen LogP contribution in [0, 0.1) is 0 Å². The summed E-state index contributed by atoms with van der Waals surface area (Å²) < 4.78 is 7.02. The van der Waals surface area contributed by atoms with Crippen molar-refractivity contribution in [3.05, 3.63) is 28.2 Å². The van der Waals surface area contributed by atoms with E-state index < -0.39 is 0 Å². The van der Waals surface area contributed by atoms with E-state index in [-0.39, 0.29) is 6.04 Å². The molecular weight excluding hydrogens is 316 g/mol. The smallest absolute Gasteiger partial charge is 0.136 e. The van der Waals surface area contributed by atoms with Crippen molar-refractivity contribution in [3.63, 3.8) is 0 Å². The Morgan fingerprint density at radius 1 is 1.35 bits per heavy atom. The fraction of sp³-hybridized carbons (Fsp3) is 0.625. The average Bonchev–Trinajstić information content (AvgIpc) is 2.89. The molecule has 1 heterocycles. The maximum atomic E-state index is 6.00. The van der Waals surface area contributed by atoms with Crippen molar-refractivity contribution in [1.29, 1.82) is 0 Å². The Bertz CT molecular complexity index is 417. The highest BCUT2D eigenvalue weighted by Crippen LogP contribution is 2.30. The highest BCUT2D eigenvalue weighted by Gasteiger charge is 2.12. The van der Waals surface area contributed by atoms with Gasteiger partial charge in [-0.2, -0.15) is 0 Å².